The first-order chi connectivity index (χ1) is 9.13. The molecule has 0 fully saturated rings. The van der Waals surface area contributed by atoms with Gasteiger partial charge in [-0.15, -0.1) is 0 Å². The van der Waals surface area contributed by atoms with Crippen LogP contribution in [0.15, 0.2) is 24.3 Å². The summed E-state index contributed by atoms with van der Waals surface area (Å²) in [5, 5.41) is 3.50. The van der Waals surface area contributed by atoms with Gasteiger partial charge in [-0.05, 0) is 58.4 Å². The Morgan fingerprint density at radius 1 is 1.11 bits per heavy atom. The van der Waals surface area contributed by atoms with Crippen LogP contribution >= 0.6 is 0 Å². The molecular formula is C16H27NO2. The summed E-state index contributed by atoms with van der Waals surface area (Å²) in [5.41, 5.74) is 1.29. The molecule has 0 spiro atoms. The first kappa shape index (κ1) is 16.0. The standard InChI is InChI=1S/C16H27NO2/c1-5-18-16-9-7-15(8-10-16)14(4)17-11-6-12-19-13(2)3/h7-10,13-14,17H,5-6,11-12H2,1-4H3. The van der Waals surface area contributed by atoms with Crippen LogP contribution in [0.3, 0.4) is 0 Å². The topological polar surface area (TPSA) is 30.5 Å². The second-order valence-electron chi connectivity index (χ2n) is 4.95. The highest BCUT2D eigenvalue weighted by Gasteiger charge is 2.04. The average molecular weight is 265 g/mol. The van der Waals surface area contributed by atoms with E-state index in [4.69, 9.17) is 9.47 Å². The lowest BCUT2D eigenvalue weighted by atomic mass is 10.1. The van der Waals surface area contributed by atoms with E-state index in [1.807, 2.05) is 19.1 Å². The van der Waals surface area contributed by atoms with Gasteiger partial charge in [0.15, 0.2) is 0 Å². The Labute approximate surface area is 117 Å². The molecule has 1 rings (SSSR count). The van der Waals surface area contributed by atoms with Crippen LogP contribution in [-0.4, -0.2) is 25.9 Å². The van der Waals surface area contributed by atoms with Crippen LogP contribution in [0.25, 0.3) is 0 Å². The molecule has 0 saturated carbocycles. The van der Waals surface area contributed by atoms with Gasteiger partial charge in [-0.3, -0.25) is 0 Å². The number of rotatable bonds is 9. The molecule has 108 valence electrons. The molecule has 19 heavy (non-hydrogen) atoms. The Kier molecular flexibility index (Phi) is 7.53. The predicted octanol–water partition coefficient (Wildman–Crippen LogP) is 3.55. The van der Waals surface area contributed by atoms with Crippen molar-refractivity contribution in [2.45, 2.75) is 46.3 Å². The van der Waals surface area contributed by atoms with E-state index in [1.165, 1.54) is 5.56 Å². The summed E-state index contributed by atoms with van der Waals surface area (Å²) >= 11 is 0. The Hall–Kier alpha value is -1.06. The van der Waals surface area contributed by atoms with Gasteiger partial charge in [-0.25, -0.2) is 0 Å². The summed E-state index contributed by atoms with van der Waals surface area (Å²) in [6.45, 7) is 10.8. The van der Waals surface area contributed by atoms with Gasteiger partial charge >= 0.3 is 0 Å². The zero-order chi connectivity index (χ0) is 14.1. The van der Waals surface area contributed by atoms with Crippen molar-refractivity contribution in [2.75, 3.05) is 19.8 Å². The third-order valence-electron chi connectivity index (χ3n) is 2.91. The van der Waals surface area contributed by atoms with E-state index < -0.39 is 0 Å². The Bertz CT molecular complexity index is 335. The molecule has 0 aliphatic carbocycles. The van der Waals surface area contributed by atoms with Crippen LogP contribution in [0.4, 0.5) is 0 Å². The Morgan fingerprint density at radius 2 is 1.79 bits per heavy atom. The first-order valence-electron chi connectivity index (χ1n) is 7.21. The highest BCUT2D eigenvalue weighted by Crippen LogP contribution is 2.17. The van der Waals surface area contributed by atoms with Crippen LogP contribution in [-0.2, 0) is 4.74 Å². The lowest BCUT2D eigenvalue weighted by molar-refractivity contribution is 0.0768. The minimum absolute atomic E-state index is 0.323. The van der Waals surface area contributed by atoms with Gasteiger partial charge in [0.25, 0.3) is 0 Å². The zero-order valence-electron chi connectivity index (χ0n) is 12.6. The maximum atomic E-state index is 5.52. The van der Waals surface area contributed by atoms with Crippen molar-refractivity contribution in [3.05, 3.63) is 29.8 Å². The number of hydrogen-bond acceptors (Lipinski definition) is 3. The van der Waals surface area contributed by atoms with Gasteiger partial charge in [0, 0.05) is 12.6 Å². The van der Waals surface area contributed by atoms with Crippen molar-refractivity contribution in [2.24, 2.45) is 0 Å². The van der Waals surface area contributed by atoms with Crippen molar-refractivity contribution in [3.8, 4) is 5.75 Å². The first-order valence-corrected chi connectivity index (χ1v) is 7.21. The monoisotopic (exact) mass is 265 g/mol. The molecular weight excluding hydrogens is 238 g/mol. The van der Waals surface area contributed by atoms with Gasteiger partial charge in [-0.2, -0.15) is 0 Å². The van der Waals surface area contributed by atoms with Crippen LogP contribution in [0.5, 0.6) is 5.75 Å². The molecule has 1 atom stereocenters. The quantitative estimate of drug-likeness (QED) is 0.693. The molecule has 0 radical (unpaired) electrons. The zero-order valence-corrected chi connectivity index (χ0v) is 12.6. The molecule has 0 saturated heterocycles. The molecule has 0 bridgehead atoms. The van der Waals surface area contributed by atoms with Gasteiger partial charge in [-0.1, -0.05) is 12.1 Å². The predicted molar refractivity (Wildman–Crippen MR) is 79.7 cm³/mol. The fraction of sp³-hybridized carbons (Fsp3) is 0.625. The van der Waals surface area contributed by atoms with Crippen LogP contribution in [0, 0.1) is 0 Å². The molecule has 1 aromatic carbocycles. The summed E-state index contributed by atoms with van der Waals surface area (Å²) in [7, 11) is 0. The molecule has 1 aromatic rings. The molecule has 1 N–H and O–H groups in total. The third kappa shape index (κ3) is 6.60. The summed E-state index contributed by atoms with van der Waals surface area (Å²) in [5.74, 6) is 0.934. The average Bonchev–Trinajstić information content (AvgIpc) is 2.39. The smallest absolute Gasteiger partial charge is 0.119 e. The van der Waals surface area contributed by atoms with Gasteiger partial charge in [0.1, 0.15) is 5.75 Å². The summed E-state index contributed by atoms with van der Waals surface area (Å²) in [6, 6.07) is 8.65. The maximum Gasteiger partial charge on any atom is 0.119 e. The van der Waals surface area contributed by atoms with E-state index in [-0.39, 0.29) is 0 Å². The number of benzene rings is 1. The summed E-state index contributed by atoms with van der Waals surface area (Å²) < 4.78 is 11.0. The molecule has 3 heteroatoms. The third-order valence-corrected chi connectivity index (χ3v) is 2.91. The van der Waals surface area contributed by atoms with Crippen molar-refractivity contribution in [1.29, 1.82) is 0 Å². The fourth-order valence-corrected chi connectivity index (χ4v) is 1.85. The Balaban J connectivity index is 2.26. The van der Waals surface area contributed by atoms with Crippen molar-refractivity contribution in [3.63, 3.8) is 0 Å². The van der Waals surface area contributed by atoms with E-state index in [2.05, 4.69) is 38.2 Å². The molecule has 0 aliphatic heterocycles. The molecule has 3 nitrogen and oxygen atoms in total. The lowest BCUT2D eigenvalue weighted by Gasteiger charge is -2.15. The fourth-order valence-electron chi connectivity index (χ4n) is 1.85. The van der Waals surface area contributed by atoms with Crippen LogP contribution in [0.2, 0.25) is 0 Å². The van der Waals surface area contributed by atoms with Crippen molar-refractivity contribution >= 4 is 0 Å². The maximum absolute atomic E-state index is 5.52. The SMILES string of the molecule is CCOc1ccc(C(C)NCCCOC(C)C)cc1. The highest BCUT2D eigenvalue weighted by atomic mass is 16.5. The molecule has 0 aromatic heterocycles. The van der Waals surface area contributed by atoms with E-state index in [9.17, 15) is 0 Å². The number of ether oxygens (including phenoxy) is 2. The number of nitrogens with one attached hydrogen (secondary N) is 1. The van der Waals surface area contributed by atoms with E-state index in [1.54, 1.807) is 0 Å². The molecule has 0 amide bonds. The molecule has 0 aliphatic rings. The molecule has 1 unspecified atom stereocenters. The second kappa shape index (κ2) is 8.94. The van der Waals surface area contributed by atoms with E-state index in [0.29, 0.717) is 18.8 Å². The summed E-state index contributed by atoms with van der Waals surface area (Å²) in [4.78, 5) is 0. The van der Waals surface area contributed by atoms with Crippen LogP contribution < -0.4 is 10.1 Å². The van der Waals surface area contributed by atoms with E-state index >= 15 is 0 Å². The van der Waals surface area contributed by atoms with Gasteiger partial charge in [0.2, 0.25) is 0 Å². The minimum atomic E-state index is 0.323. The number of hydrogen-bond donors (Lipinski definition) is 1. The minimum Gasteiger partial charge on any atom is -0.494 e. The normalized spacial score (nSPS) is 12.7. The molecule has 0 heterocycles. The Morgan fingerprint density at radius 3 is 2.37 bits per heavy atom. The van der Waals surface area contributed by atoms with Crippen LogP contribution in [0.1, 0.15) is 45.7 Å². The van der Waals surface area contributed by atoms with Crippen molar-refractivity contribution in [1.82, 2.24) is 5.32 Å². The second-order valence-corrected chi connectivity index (χ2v) is 4.95. The highest BCUT2D eigenvalue weighted by molar-refractivity contribution is 5.28. The van der Waals surface area contributed by atoms with Gasteiger partial charge in [0.05, 0.1) is 12.7 Å². The summed E-state index contributed by atoms with van der Waals surface area (Å²) in [6.07, 6.45) is 1.36. The van der Waals surface area contributed by atoms with Gasteiger partial charge < -0.3 is 14.8 Å². The van der Waals surface area contributed by atoms with E-state index in [0.717, 1.165) is 25.3 Å². The van der Waals surface area contributed by atoms with Crippen molar-refractivity contribution < 1.29 is 9.47 Å². The lowest BCUT2D eigenvalue weighted by Crippen LogP contribution is -2.21. The largest absolute Gasteiger partial charge is 0.494 e.